The minimum Gasteiger partial charge on any atom is -0.464 e. The lowest BCUT2D eigenvalue weighted by Gasteiger charge is -2.30. The van der Waals surface area contributed by atoms with Crippen LogP contribution in [0.5, 0.6) is 0 Å². The van der Waals surface area contributed by atoms with E-state index < -0.39 is 23.0 Å². The standard InChI is InChI=1S/C23H35BrO6/c1-6-13-27-16-22(4,20(25)28-14-12-24)17-29-21(26)23(5,7-2)30-15-19-10-8-18(3)9-11-19/h8-11H,6-7,12-17H2,1-5H3. The molecule has 1 aromatic carbocycles. The fourth-order valence-electron chi connectivity index (χ4n) is 2.52. The number of aryl methyl sites for hydroxylation is 1. The molecule has 30 heavy (non-hydrogen) atoms. The molecule has 170 valence electrons. The quantitative estimate of drug-likeness (QED) is 0.217. The zero-order valence-corrected chi connectivity index (χ0v) is 20.4. The average molecular weight is 487 g/mol. The summed E-state index contributed by atoms with van der Waals surface area (Å²) in [5, 5.41) is 0.533. The number of esters is 2. The van der Waals surface area contributed by atoms with Crippen LogP contribution in [0.1, 0.15) is 51.7 Å². The van der Waals surface area contributed by atoms with E-state index >= 15 is 0 Å². The lowest BCUT2D eigenvalue weighted by atomic mass is 9.93. The van der Waals surface area contributed by atoms with E-state index in [0.29, 0.717) is 25.0 Å². The van der Waals surface area contributed by atoms with Crippen molar-refractivity contribution in [1.29, 1.82) is 0 Å². The van der Waals surface area contributed by atoms with Crippen molar-refractivity contribution in [2.45, 2.75) is 59.7 Å². The lowest BCUT2D eigenvalue weighted by Crippen LogP contribution is -2.44. The van der Waals surface area contributed by atoms with E-state index in [1.54, 1.807) is 13.8 Å². The van der Waals surface area contributed by atoms with Crippen molar-refractivity contribution in [2.24, 2.45) is 5.41 Å². The van der Waals surface area contributed by atoms with Gasteiger partial charge in [-0.15, -0.1) is 0 Å². The average Bonchev–Trinajstić information content (AvgIpc) is 2.75. The van der Waals surface area contributed by atoms with Gasteiger partial charge in [-0.05, 0) is 39.2 Å². The van der Waals surface area contributed by atoms with Crippen LogP contribution in [0.2, 0.25) is 0 Å². The minimum atomic E-state index is -1.12. The van der Waals surface area contributed by atoms with Crippen LogP contribution >= 0.6 is 15.9 Å². The Hall–Kier alpha value is -1.44. The summed E-state index contributed by atoms with van der Waals surface area (Å²) >= 11 is 3.24. The first kappa shape index (κ1) is 26.6. The summed E-state index contributed by atoms with van der Waals surface area (Å²) < 4.78 is 22.3. The van der Waals surface area contributed by atoms with Gasteiger partial charge >= 0.3 is 11.9 Å². The Kier molecular flexibility index (Phi) is 11.6. The van der Waals surface area contributed by atoms with Crippen LogP contribution in [0.15, 0.2) is 24.3 Å². The molecule has 0 aliphatic heterocycles. The topological polar surface area (TPSA) is 71.1 Å². The fourth-order valence-corrected chi connectivity index (χ4v) is 2.68. The number of hydrogen-bond donors (Lipinski definition) is 0. The molecule has 2 unspecified atom stereocenters. The number of hydrogen-bond acceptors (Lipinski definition) is 6. The SMILES string of the molecule is CCCOCC(C)(COC(=O)C(C)(CC)OCc1ccc(C)cc1)C(=O)OCCBr. The largest absolute Gasteiger partial charge is 0.464 e. The molecule has 0 aromatic heterocycles. The number of halogens is 1. The van der Waals surface area contributed by atoms with Gasteiger partial charge in [0.2, 0.25) is 0 Å². The maximum atomic E-state index is 12.8. The van der Waals surface area contributed by atoms with Crippen LogP contribution in [0.3, 0.4) is 0 Å². The first-order chi connectivity index (χ1) is 14.2. The van der Waals surface area contributed by atoms with E-state index in [9.17, 15) is 9.59 Å². The number of ether oxygens (including phenoxy) is 4. The molecule has 1 aromatic rings. The molecule has 0 saturated heterocycles. The van der Waals surface area contributed by atoms with Gasteiger partial charge in [0.1, 0.15) is 18.6 Å². The predicted molar refractivity (Wildman–Crippen MR) is 120 cm³/mol. The van der Waals surface area contributed by atoms with Crippen LogP contribution in [0, 0.1) is 12.3 Å². The normalized spacial score (nSPS) is 15.1. The molecular weight excluding hydrogens is 452 g/mol. The molecule has 0 bridgehead atoms. The second kappa shape index (κ2) is 13.1. The van der Waals surface area contributed by atoms with Gasteiger partial charge in [0.15, 0.2) is 5.60 Å². The van der Waals surface area contributed by atoms with Gasteiger partial charge in [-0.1, -0.05) is 59.6 Å². The number of benzene rings is 1. The Morgan fingerprint density at radius 2 is 1.63 bits per heavy atom. The zero-order chi connectivity index (χ0) is 22.6. The van der Waals surface area contributed by atoms with Crippen molar-refractivity contribution >= 4 is 27.9 Å². The minimum absolute atomic E-state index is 0.113. The third-order valence-electron chi connectivity index (χ3n) is 4.88. The summed E-state index contributed by atoms with van der Waals surface area (Å²) in [7, 11) is 0. The third-order valence-corrected chi connectivity index (χ3v) is 5.20. The Morgan fingerprint density at radius 3 is 2.20 bits per heavy atom. The smallest absolute Gasteiger partial charge is 0.338 e. The highest BCUT2D eigenvalue weighted by molar-refractivity contribution is 9.09. The molecule has 1 rings (SSSR count). The summed E-state index contributed by atoms with van der Waals surface area (Å²) in [6.07, 6.45) is 1.27. The van der Waals surface area contributed by atoms with E-state index in [4.69, 9.17) is 18.9 Å². The Labute approximate surface area is 188 Å². The maximum Gasteiger partial charge on any atom is 0.338 e. The molecular formula is C23H35BrO6. The van der Waals surface area contributed by atoms with Crippen molar-refractivity contribution in [3.05, 3.63) is 35.4 Å². The zero-order valence-electron chi connectivity index (χ0n) is 18.8. The maximum absolute atomic E-state index is 12.8. The van der Waals surface area contributed by atoms with Crippen LogP contribution in [0.4, 0.5) is 0 Å². The predicted octanol–water partition coefficient (Wildman–Crippen LogP) is 4.59. The molecule has 2 atom stereocenters. The van der Waals surface area contributed by atoms with Crippen molar-refractivity contribution in [3.8, 4) is 0 Å². The molecule has 0 spiro atoms. The van der Waals surface area contributed by atoms with Crippen molar-refractivity contribution in [2.75, 3.05) is 31.8 Å². The second-order valence-electron chi connectivity index (χ2n) is 7.87. The second-order valence-corrected chi connectivity index (χ2v) is 8.67. The Morgan fingerprint density at radius 1 is 0.967 bits per heavy atom. The van der Waals surface area contributed by atoms with Gasteiger partial charge in [0.25, 0.3) is 0 Å². The van der Waals surface area contributed by atoms with Gasteiger partial charge in [-0.2, -0.15) is 0 Å². The van der Waals surface area contributed by atoms with E-state index in [0.717, 1.165) is 17.5 Å². The van der Waals surface area contributed by atoms with E-state index in [1.807, 2.05) is 45.0 Å². The molecule has 0 fully saturated rings. The Balaban J connectivity index is 2.76. The van der Waals surface area contributed by atoms with Gasteiger partial charge in [-0.3, -0.25) is 4.79 Å². The van der Waals surface area contributed by atoms with Crippen LogP contribution in [-0.4, -0.2) is 49.3 Å². The number of alkyl halides is 1. The summed E-state index contributed by atoms with van der Waals surface area (Å²) in [5.74, 6) is -0.961. The molecule has 0 amide bonds. The third kappa shape index (κ3) is 8.36. The summed E-state index contributed by atoms with van der Waals surface area (Å²) in [6, 6.07) is 7.94. The molecule has 0 heterocycles. The highest BCUT2D eigenvalue weighted by atomic mass is 79.9. The van der Waals surface area contributed by atoms with E-state index in [1.165, 1.54) is 0 Å². The molecule has 7 heteroatoms. The van der Waals surface area contributed by atoms with Crippen LogP contribution in [0.25, 0.3) is 0 Å². The first-order valence-electron chi connectivity index (χ1n) is 10.4. The van der Waals surface area contributed by atoms with Gasteiger partial charge in [0, 0.05) is 11.9 Å². The molecule has 0 aliphatic carbocycles. The fraction of sp³-hybridized carbons (Fsp3) is 0.652. The molecule has 0 radical (unpaired) electrons. The lowest BCUT2D eigenvalue weighted by molar-refractivity contribution is -0.182. The van der Waals surface area contributed by atoms with E-state index in [-0.39, 0.29) is 19.8 Å². The molecule has 0 N–H and O–H groups in total. The highest BCUT2D eigenvalue weighted by Gasteiger charge is 2.40. The van der Waals surface area contributed by atoms with Crippen LogP contribution < -0.4 is 0 Å². The summed E-state index contributed by atoms with van der Waals surface area (Å²) in [4.78, 5) is 25.4. The molecule has 6 nitrogen and oxygen atoms in total. The highest BCUT2D eigenvalue weighted by Crippen LogP contribution is 2.25. The van der Waals surface area contributed by atoms with Gasteiger partial charge in [0.05, 0.1) is 13.2 Å². The van der Waals surface area contributed by atoms with Crippen molar-refractivity contribution < 1.29 is 28.5 Å². The number of carbonyl (C=O) groups is 2. The summed E-state index contributed by atoms with van der Waals surface area (Å²) in [5.41, 5.74) is -0.0638. The van der Waals surface area contributed by atoms with Gasteiger partial charge < -0.3 is 18.9 Å². The molecule has 0 aliphatic rings. The van der Waals surface area contributed by atoms with Crippen molar-refractivity contribution in [3.63, 3.8) is 0 Å². The summed E-state index contributed by atoms with van der Waals surface area (Å²) in [6.45, 7) is 10.3. The van der Waals surface area contributed by atoms with Crippen molar-refractivity contribution in [1.82, 2.24) is 0 Å². The Bertz CT molecular complexity index is 662. The number of carbonyl (C=O) groups excluding carboxylic acids is 2. The molecule has 0 saturated carbocycles. The van der Waals surface area contributed by atoms with Gasteiger partial charge in [-0.25, -0.2) is 4.79 Å². The monoisotopic (exact) mass is 486 g/mol. The van der Waals surface area contributed by atoms with E-state index in [2.05, 4.69) is 15.9 Å². The van der Waals surface area contributed by atoms with Crippen LogP contribution in [-0.2, 0) is 35.1 Å². The first-order valence-corrected chi connectivity index (χ1v) is 11.5. The number of rotatable bonds is 14.